The molecule has 1 aliphatic heterocycles. The summed E-state index contributed by atoms with van der Waals surface area (Å²) < 4.78 is 0. The number of carbonyl (C=O) groups excluding carboxylic acids is 1. The Morgan fingerprint density at radius 2 is 1.84 bits per heavy atom. The molecule has 4 nitrogen and oxygen atoms in total. The van der Waals surface area contributed by atoms with Crippen LogP contribution < -0.4 is 10.2 Å². The predicted octanol–water partition coefficient (Wildman–Crippen LogP) is 3.80. The van der Waals surface area contributed by atoms with Gasteiger partial charge in [-0.1, -0.05) is 29.8 Å². The van der Waals surface area contributed by atoms with Crippen LogP contribution in [0.5, 0.6) is 0 Å². The Hall–Kier alpha value is -2.04. The topological polar surface area (TPSA) is 35.6 Å². The third-order valence-corrected chi connectivity index (χ3v) is 4.74. The molecule has 0 aromatic heterocycles. The number of piperazine rings is 1. The molecule has 0 bridgehead atoms. The highest BCUT2D eigenvalue weighted by molar-refractivity contribution is 6.30. The van der Waals surface area contributed by atoms with Crippen molar-refractivity contribution in [3.63, 3.8) is 0 Å². The van der Waals surface area contributed by atoms with Crippen LogP contribution in [0.4, 0.5) is 11.4 Å². The van der Waals surface area contributed by atoms with Gasteiger partial charge in [0.2, 0.25) is 5.91 Å². The Kier molecular flexibility index (Phi) is 5.95. The van der Waals surface area contributed by atoms with Crippen LogP contribution in [-0.4, -0.2) is 43.5 Å². The molecule has 2 aromatic rings. The molecule has 0 spiro atoms. The highest BCUT2D eigenvalue weighted by atomic mass is 35.5. The van der Waals surface area contributed by atoms with E-state index in [0.29, 0.717) is 6.42 Å². The minimum Gasteiger partial charge on any atom is -0.369 e. The van der Waals surface area contributed by atoms with E-state index in [2.05, 4.69) is 21.2 Å². The largest absolute Gasteiger partial charge is 0.369 e. The van der Waals surface area contributed by atoms with Gasteiger partial charge in [0.1, 0.15) is 0 Å². The lowest BCUT2D eigenvalue weighted by Gasteiger charge is -2.36. The van der Waals surface area contributed by atoms with Crippen LogP contribution in [0.1, 0.15) is 12.0 Å². The minimum absolute atomic E-state index is 0.0721. The van der Waals surface area contributed by atoms with E-state index in [1.807, 2.05) is 49.4 Å². The monoisotopic (exact) mass is 357 g/mol. The van der Waals surface area contributed by atoms with E-state index in [9.17, 15) is 4.79 Å². The van der Waals surface area contributed by atoms with Crippen LogP contribution in [0.15, 0.2) is 48.5 Å². The summed E-state index contributed by atoms with van der Waals surface area (Å²) in [6.45, 7) is 6.66. The van der Waals surface area contributed by atoms with Gasteiger partial charge in [-0.3, -0.25) is 9.69 Å². The van der Waals surface area contributed by atoms with Crippen LogP contribution >= 0.6 is 11.6 Å². The van der Waals surface area contributed by atoms with E-state index in [1.165, 1.54) is 5.69 Å². The van der Waals surface area contributed by atoms with Crippen molar-refractivity contribution < 1.29 is 4.79 Å². The molecule has 25 heavy (non-hydrogen) atoms. The standard InChI is InChI=1S/C20H24ClN3O/c1-16-4-2-6-18(14-16)22-20(25)8-9-23-10-12-24(13-11-23)19-7-3-5-17(21)15-19/h2-7,14-15H,8-13H2,1H3,(H,22,25). The molecular weight excluding hydrogens is 334 g/mol. The zero-order chi connectivity index (χ0) is 17.6. The number of rotatable bonds is 5. The lowest BCUT2D eigenvalue weighted by Crippen LogP contribution is -2.47. The fourth-order valence-electron chi connectivity index (χ4n) is 3.11. The van der Waals surface area contributed by atoms with Gasteiger partial charge < -0.3 is 10.2 Å². The highest BCUT2D eigenvalue weighted by Gasteiger charge is 2.18. The fraction of sp³-hybridized carbons (Fsp3) is 0.350. The molecule has 0 aliphatic carbocycles. The molecule has 0 radical (unpaired) electrons. The van der Waals surface area contributed by atoms with E-state index < -0.39 is 0 Å². The summed E-state index contributed by atoms with van der Waals surface area (Å²) in [6, 6.07) is 15.9. The number of amides is 1. The SMILES string of the molecule is Cc1cccc(NC(=O)CCN2CCN(c3cccc(Cl)c3)CC2)c1. The Bertz CT molecular complexity index is 726. The second-order valence-electron chi connectivity index (χ2n) is 6.48. The van der Waals surface area contributed by atoms with Crippen molar-refractivity contribution in [2.24, 2.45) is 0 Å². The maximum atomic E-state index is 12.1. The summed E-state index contributed by atoms with van der Waals surface area (Å²) >= 11 is 6.07. The van der Waals surface area contributed by atoms with Gasteiger partial charge >= 0.3 is 0 Å². The molecule has 1 saturated heterocycles. The molecule has 0 unspecified atom stereocenters. The molecule has 5 heteroatoms. The first kappa shape index (κ1) is 17.8. The van der Waals surface area contributed by atoms with Crippen molar-refractivity contribution in [2.45, 2.75) is 13.3 Å². The van der Waals surface area contributed by atoms with Gasteiger partial charge in [-0.2, -0.15) is 0 Å². The van der Waals surface area contributed by atoms with Crippen molar-refractivity contribution >= 4 is 28.9 Å². The van der Waals surface area contributed by atoms with Gasteiger partial charge in [-0.15, -0.1) is 0 Å². The number of anilines is 2. The van der Waals surface area contributed by atoms with Gasteiger partial charge in [0.05, 0.1) is 0 Å². The molecule has 0 atom stereocenters. The summed E-state index contributed by atoms with van der Waals surface area (Å²) in [5.41, 5.74) is 3.19. The Morgan fingerprint density at radius 3 is 2.56 bits per heavy atom. The molecule has 1 fully saturated rings. The average Bonchev–Trinajstić information content (AvgIpc) is 2.60. The predicted molar refractivity (Wildman–Crippen MR) is 105 cm³/mol. The Balaban J connectivity index is 1.42. The number of hydrogen-bond donors (Lipinski definition) is 1. The average molecular weight is 358 g/mol. The lowest BCUT2D eigenvalue weighted by molar-refractivity contribution is -0.116. The van der Waals surface area contributed by atoms with Crippen LogP contribution in [-0.2, 0) is 4.79 Å². The number of halogens is 1. The normalized spacial score (nSPS) is 15.2. The van der Waals surface area contributed by atoms with Crippen molar-refractivity contribution in [1.29, 1.82) is 0 Å². The van der Waals surface area contributed by atoms with E-state index in [4.69, 9.17) is 11.6 Å². The second kappa shape index (κ2) is 8.37. The molecule has 2 aromatic carbocycles. The number of hydrogen-bond acceptors (Lipinski definition) is 3. The number of aryl methyl sites for hydroxylation is 1. The molecule has 3 rings (SSSR count). The number of benzene rings is 2. The van der Waals surface area contributed by atoms with Crippen molar-refractivity contribution in [3.05, 3.63) is 59.1 Å². The Labute approximate surface area is 154 Å². The van der Waals surface area contributed by atoms with Gasteiger partial charge in [0.25, 0.3) is 0 Å². The van der Waals surface area contributed by atoms with Gasteiger partial charge in [0, 0.05) is 55.5 Å². The smallest absolute Gasteiger partial charge is 0.225 e. The molecule has 132 valence electrons. The summed E-state index contributed by atoms with van der Waals surface area (Å²) in [5, 5.41) is 3.74. The van der Waals surface area contributed by atoms with E-state index >= 15 is 0 Å². The zero-order valence-electron chi connectivity index (χ0n) is 14.5. The molecule has 1 amide bonds. The van der Waals surface area contributed by atoms with E-state index in [-0.39, 0.29) is 5.91 Å². The summed E-state index contributed by atoms with van der Waals surface area (Å²) in [7, 11) is 0. The third-order valence-electron chi connectivity index (χ3n) is 4.50. The first-order chi connectivity index (χ1) is 12.1. The van der Waals surface area contributed by atoms with Crippen LogP contribution in [0.25, 0.3) is 0 Å². The first-order valence-electron chi connectivity index (χ1n) is 8.69. The van der Waals surface area contributed by atoms with E-state index in [0.717, 1.165) is 49.0 Å². The van der Waals surface area contributed by atoms with Gasteiger partial charge in [-0.25, -0.2) is 0 Å². The molecule has 1 heterocycles. The van der Waals surface area contributed by atoms with Crippen molar-refractivity contribution in [3.8, 4) is 0 Å². The van der Waals surface area contributed by atoms with Crippen LogP contribution in [0.2, 0.25) is 5.02 Å². The summed E-state index contributed by atoms with van der Waals surface area (Å²) in [5.74, 6) is 0.0721. The molecule has 1 N–H and O–H groups in total. The quantitative estimate of drug-likeness (QED) is 0.884. The van der Waals surface area contributed by atoms with Crippen LogP contribution in [0.3, 0.4) is 0 Å². The van der Waals surface area contributed by atoms with Crippen LogP contribution in [0, 0.1) is 6.92 Å². The Morgan fingerprint density at radius 1 is 1.08 bits per heavy atom. The summed E-state index contributed by atoms with van der Waals surface area (Å²) in [6.07, 6.45) is 0.519. The molecular formula is C20H24ClN3O. The summed E-state index contributed by atoms with van der Waals surface area (Å²) in [4.78, 5) is 16.8. The van der Waals surface area contributed by atoms with Crippen molar-refractivity contribution in [2.75, 3.05) is 42.9 Å². The maximum absolute atomic E-state index is 12.1. The van der Waals surface area contributed by atoms with E-state index in [1.54, 1.807) is 0 Å². The maximum Gasteiger partial charge on any atom is 0.225 e. The second-order valence-corrected chi connectivity index (χ2v) is 6.91. The first-order valence-corrected chi connectivity index (χ1v) is 9.07. The van der Waals surface area contributed by atoms with Gasteiger partial charge in [0.15, 0.2) is 0 Å². The zero-order valence-corrected chi connectivity index (χ0v) is 15.3. The molecule has 0 saturated carbocycles. The number of nitrogens with zero attached hydrogens (tertiary/aromatic N) is 2. The fourth-order valence-corrected chi connectivity index (χ4v) is 3.29. The number of nitrogens with one attached hydrogen (secondary N) is 1. The minimum atomic E-state index is 0.0721. The lowest BCUT2D eigenvalue weighted by atomic mass is 10.2. The molecule has 1 aliphatic rings. The third kappa shape index (κ3) is 5.21. The number of carbonyl (C=O) groups is 1. The highest BCUT2D eigenvalue weighted by Crippen LogP contribution is 2.20. The van der Waals surface area contributed by atoms with Crippen molar-refractivity contribution in [1.82, 2.24) is 4.90 Å². The van der Waals surface area contributed by atoms with Gasteiger partial charge in [-0.05, 0) is 42.8 Å².